The molecule has 0 saturated heterocycles. The molecule has 72 valence electrons. The summed E-state index contributed by atoms with van der Waals surface area (Å²) in [5.74, 6) is 0. The molecule has 4 heteroatoms. The van der Waals surface area contributed by atoms with Crippen LogP contribution in [0.4, 0.5) is 0 Å². The molecule has 0 aliphatic carbocycles. The third-order valence-corrected chi connectivity index (χ3v) is 2.13. The average molecular weight is 246 g/mol. The normalized spacial score (nSPS) is 15.4. The number of aliphatic hydroxyl groups is 1. The maximum Gasteiger partial charge on any atom is 0.127 e. The minimum atomic E-state index is -1.03. The van der Waals surface area contributed by atoms with Gasteiger partial charge in [0.1, 0.15) is 10.2 Å². The lowest BCUT2D eigenvalue weighted by molar-refractivity contribution is -0.0240. The zero-order valence-electron chi connectivity index (χ0n) is 7.62. The Morgan fingerprint density at radius 2 is 2.31 bits per heavy atom. The van der Waals surface area contributed by atoms with E-state index in [1.54, 1.807) is 20.1 Å². The first-order valence-corrected chi connectivity index (χ1v) is 4.70. The molecule has 1 heterocycles. The number of aromatic nitrogens is 1. The Hall–Kier alpha value is -0.450. The van der Waals surface area contributed by atoms with Gasteiger partial charge in [0.25, 0.3) is 0 Å². The number of rotatable bonds is 3. The molecule has 1 atom stereocenters. The monoisotopic (exact) mass is 245 g/mol. The van der Waals surface area contributed by atoms with Crippen molar-refractivity contribution in [3.8, 4) is 0 Å². The van der Waals surface area contributed by atoms with E-state index in [2.05, 4.69) is 20.9 Å². The van der Waals surface area contributed by atoms with Gasteiger partial charge in [-0.05, 0) is 35.0 Å². The lowest BCUT2D eigenvalue weighted by atomic mass is 10.0. The van der Waals surface area contributed by atoms with Gasteiger partial charge in [0, 0.05) is 7.11 Å². The molecule has 0 saturated carbocycles. The summed E-state index contributed by atoms with van der Waals surface area (Å²) in [5.41, 5.74) is -0.429. The number of pyridine rings is 1. The second kappa shape index (κ2) is 4.17. The van der Waals surface area contributed by atoms with E-state index in [0.29, 0.717) is 10.3 Å². The van der Waals surface area contributed by atoms with E-state index in [1.807, 2.05) is 12.1 Å². The van der Waals surface area contributed by atoms with Crippen molar-refractivity contribution in [2.75, 3.05) is 13.7 Å². The molecule has 0 bridgehead atoms. The molecule has 1 aromatic heterocycles. The van der Waals surface area contributed by atoms with Crippen molar-refractivity contribution in [1.82, 2.24) is 4.98 Å². The van der Waals surface area contributed by atoms with Crippen molar-refractivity contribution in [3.63, 3.8) is 0 Å². The third kappa shape index (κ3) is 2.76. The number of methoxy groups -OCH3 is 1. The maximum atomic E-state index is 9.90. The lowest BCUT2D eigenvalue weighted by Crippen LogP contribution is -2.28. The summed E-state index contributed by atoms with van der Waals surface area (Å²) in [6.07, 6.45) is 0. The zero-order valence-corrected chi connectivity index (χ0v) is 9.21. The fraction of sp³-hybridized carbons (Fsp3) is 0.444. The summed E-state index contributed by atoms with van der Waals surface area (Å²) in [6, 6.07) is 5.41. The van der Waals surface area contributed by atoms with Gasteiger partial charge in [0.2, 0.25) is 0 Å². The predicted molar refractivity (Wildman–Crippen MR) is 53.4 cm³/mol. The Kier molecular flexibility index (Phi) is 3.41. The molecule has 1 aromatic rings. The number of nitrogens with zero attached hydrogens (tertiary/aromatic N) is 1. The molecule has 13 heavy (non-hydrogen) atoms. The molecule has 0 aliphatic heterocycles. The molecule has 0 amide bonds. The summed E-state index contributed by atoms with van der Waals surface area (Å²) in [7, 11) is 1.55. The molecule has 0 radical (unpaired) electrons. The summed E-state index contributed by atoms with van der Waals surface area (Å²) in [6.45, 7) is 1.90. The van der Waals surface area contributed by atoms with Gasteiger partial charge < -0.3 is 9.84 Å². The first-order valence-electron chi connectivity index (χ1n) is 3.90. The van der Waals surface area contributed by atoms with Gasteiger partial charge in [-0.2, -0.15) is 0 Å². The van der Waals surface area contributed by atoms with Crippen LogP contribution in [0.2, 0.25) is 0 Å². The van der Waals surface area contributed by atoms with Crippen LogP contribution in [-0.2, 0) is 10.3 Å². The van der Waals surface area contributed by atoms with Crippen molar-refractivity contribution in [1.29, 1.82) is 0 Å². The summed E-state index contributed by atoms with van der Waals surface area (Å²) < 4.78 is 5.61. The maximum absolute atomic E-state index is 9.90. The van der Waals surface area contributed by atoms with E-state index in [4.69, 9.17) is 4.74 Å². The molecular formula is C9H12BrNO2. The van der Waals surface area contributed by atoms with Crippen LogP contribution in [0.5, 0.6) is 0 Å². The second-order valence-electron chi connectivity index (χ2n) is 3.05. The van der Waals surface area contributed by atoms with E-state index in [0.717, 1.165) is 0 Å². The smallest absolute Gasteiger partial charge is 0.127 e. The van der Waals surface area contributed by atoms with Gasteiger partial charge in [-0.3, -0.25) is 0 Å². The van der Waals surface area contributed by atoms with Crippen LogP contribution in [0.3, 0.4) is 0 Å². The second-order valence-corrected chi connectivity index (χ2v) is 3.86. The molecular weight excluding hydrogens is 234 g/mol. The van der Waals surface area contributed by atoms with E-state index in [9.17, 15) is 5.11 Å². The molecule has 1 rings (SSSR count). The lowest BCUT2D eigenvalue weighted by Gasteiger charge is -2.21. The average Bonchev–Trinajstić information content (AvgIpc) is 2.04. The third-order valence-electron chi connectivity index (χ3n) is 1.69. The summed E-state index contributed by atoms with van der Waals surface area (Å²) >= 11 is 3.24. The Balaban J connectivity index is 2.93. The van der Waals surface area contributed by atoms with E-state index >= 15 is 0 Å². The zero-order chi connectivity index (χ0) is 9.90. The van der Waals surface area contributed by atoms with E-state index in [1.165, 1.54) is 0 Å². The quantitative estimate of drug-likeness (QED) is 0.825. The SMILES string of the molecule is COCC(C)(O)c1cccc(Br)n1. The highest BCUT2D eigenvalue weighted by Gasteiger charge is 2.24. The van der Waals surface area contributed by atoms with Crippen LogP contribution in [0, 0.1) is 0 Å². The van der Waals surface area contributed by atoms with Gasteiger partial charge in [0.05, 0.1) is 12.3 Å². The molecule has 0 aliphatic rings. The number of hydrogen-bond acceptors (Lipinski definition) is 3. The van der Waals surface area contributed by atoms with Crippen molar-refractivity contribution < 1.29 is 9.84 Å². The van der Waals surface area contributed by atoms with Crippen LogP contribution in [0.25, 0.3) is 0 Å². The van der Waals surface area contributed by atoms with Crippen LogP contribution < -0.4 is 0 Å². The van der Waals surface area contributed by atoms with Gasteiger partial charge in [-0.25, -0.2) is 4.98 Å². The van der Waals surface area contributed by atoms with Crippen molar-refractivity contribution in [2.45, 2.75) is 12.5 Å². The van der Waals surface area contributed by atoms with Crippen LogP contribution >= 0.6 is 15.9 Å². The fourth-order valence-electron chi connectivity index (χ4n) is 1.06. The van der Waals surface area contributed by atoms with Crippen LogP contribution in [0.15, 0.2) is 22.8 Å². The Morgan fingerprint density at radius 3 is 2.85 bits per heavy atom. The minimum absolute atomic E-state index is 0.233. The number of halogens is 1. The first kappa shape index (κ1) is 10.6. The van der Waals surface area contributed by atoms with Crippen molar-refractivity contribution >= 4 is 15.9 Å². The molecule has 1 unspecified atom stereocenters. The van der Waals surface area contributed by atoms with Gasteiger partial charge in [-0.1, -0.05) is 6.07 Å². The van der Waals surface area contributed by atoms with Gasteiger partial charge in [-0.15, -0.1) is 0 Å². The number of ether oxygens (including phenoxy) is 1. The molecule has 3 nitrogen and oxygen atoms in total. The molecule has 1 N–H and O–H groups in total. The molecule has 0 fully saturated rings. The van der Waals surface area contributed by atoms with E-state index < -0.39 is 5.60 Å². The highest BCUT2D eigenvalue weighted by atomic mass is 79.9. The minimum Gasteiger partial charge on any atom is -0.381 e. The largest absolute Gasteiger partial charge is 0.381 e. The topological polar surface area (TPSA) is 42.4 Å². The predicted octanol–water partition coefficient (Wildman–Crippen LogP) is 1.70. The standard InChI is InChI=1S/C9H12BrNO2/c1-9(12,6-13-2)7-4-3-5-8(10)11-7/h3-5,12H,6H2,1-2H3. The first-order chi connectivity index (χ1) is 6.06. The number of hydrogen-bond donors (Lipinski definition) is 1. The molecule has 0 spiro atoms. The highest BCUT2D eigenvalue weighted by Crippen LogP contribution is 2.20. The van der Waals surface area contributed by atoms with Crippen molar-refractivity contribution in [2.24, 2.45) is 0 Å². The van der Waals surface area contributed by atoms with E-state index in [-0.39, 0.29) is 6.61 Å². The van der Waals surface area contributed by atoms with Crippen LogP contribution in [0.1, 0.15) is 12.6 Å². The van der Waals surface area contributed by atoms with Gasteiger partial charge >= 0.3 is 0 Å². The summed E-state index contributed by atoms with van der Waals surface area (Å²) in [4.78, 5) is 4.15. The molecule has 0 aromatic carbocycles. The van der Waals surface area contributed by atoms with Crippen LogP contribution in [-0.4, -0.2) is 23.8 Å². The Morgan fingerprint density at radius 1 is 1.62 bits per heavy atom. The Bertz CT molecular complexity index is 289. The summed E-state index contributed by atoms with van der Waals surface area (Å²) in [5, 5.41) is 9.90. The van der Waals surface area contributed by atoms with Crippen molar-refractivity contribution in [3.05, 3.63) is 28.5 Å². The fourth-order valence-corrected chi connectivity index (χ4v) is 1.41. The van der Waals surface area contributed by atoms with Gasteiger partial charge in [0.15, 0.2) is 0 Å². The highest BCUT2D eigenvalue weighted by molar-refractivity contribution is 9.10. The Labute approximate surface area is 85.9 Å².